The first-order valence-electron chi connectivity index (χ1n) is 6.78. The second-order valence-electron chi connectivity index (χ2n) is 4.88. The predicted molar refractivity (Wildman–Crippen MR) is 68.1 cm³/mol. The molecule has 1 aliphatic carbocycles. The Morgan fingerprint density at radius 2 is 2.00 bits per heavy atom. The maximum absolute atomic E-state index is 9.65. The molecule has 1 aliphatic rings. The van der Waals surface area contributed by atoms with Gasteiger partial charge in [-0.25, -0.2) is 0 Å². The molecule has 0 bridgehead atoms. The van der Waals surface area contributed by atoms with E-state index >= 15 is 0 Å². The van der Waals surface area contributed by atoms with Crippen molar-refractivity contribution in [3.63, 3.8) is 0 Å². The smallest absolute Gasteiger partial charge is 0.0897 e. The summed E-state index contributed by atoms with van der Waals surface area (Å²) < 4.78 is 10.1. The average Bonchev–Trinajstić information content (AvgIpc) is 2.36. The van der Waals surface area contributed by atoms with Gasteiger partial charge in [0.05, 0.1) is 25.9 Å². The SMILES string of the molecule is COCCOCC(O)CNCC1CCCCC1. The Kier molecular flexibility index (Phi) is 8.61. The minimum atomic E-state index is -0.407. The Morgan fingerprint density at radius 3 is 2.71 bits per heavy atom. The normalized spacial score (nSPS) is 19.4. The fraction of sp³-hybridized carbons (Fsp3) is 1.00. The number of hydrogen-bond acceptors (Lipinski definition) is 4. The van der Waals surface area contributed by atoms with Crippen molar-refractivity contribution in [2.45, 2.75) is 38.2 Å². The fourth-order valence-electron chi connectivity index (χ4n) is 2.27. The molecule has 0 aromatic carbocycles. The maximum atomic E-state index is 9.65. The third-order valence-corrected chi connectivity index (χ3v) is 3.28. The highest BCUT2D eigenvalue weighted by Crippen LogP contribution is 2.22. The lowest BCUT2D eigenvalue weighted by molar-refractivity contribution is 0.0134. The summed E-state index contributed by atoms with van der Waals surface area (Å²) in [6.07, 6.45) is 6.41. The van der Waals surface area contributed by atoms with Crippen molar-refractivity contribution in [2.75, 3.05) is 40.0 Å². The van der Waals surface area contributed by atoms with Crippen molar-refractivity contribution < 1.29 is 14.6 Å². The summed E-state index contributed by atoms with van der Waals surface area (Å²) in [6, 6.07) is 0. The third kappa shape index (κ3) is 7.71. The second-order valence-corrected chi connectivity index (χ2v) is 4.88. The van der Waals surface area contributed by atoms with Gasteiger partial charge in [-0.05, 0) is 25.3 Å². The van der Waals surface area contributed by atoms with Crippen molar-refractivity contribution in [3.8, 4) is 0 Å². The molecule has 4 heteroatoms. The Balaban J connectivity index is 1.90. The van der Waals surface area contributed by atoms with Gasteiger partial charge in [0.25, 0.3) is 0 Å². The molecule has 0 aromatic heterocycles. The standard InChI is InChI=1S/C13H27NO3/c1-16-7-8-17-11-13(15)10-14-9-12-5-3-2-4-6-12/h12-15H,2-11H2,1H3. The van der Waals surface area contributed by atoms with Crippen molar-refractivity contribution >= 4 is 0 Å². The third-order valence-electron chi connectivity index (χ3n) is 3.28. The molecule has 1 rings (SSSR count). The molecule has 1 unspecified atom stereocenters. The van der Waals surface area contributed by atoms with Gasteiger partial charge >= 0.3 is 0 Å². The first kappa shape index (κ1) is 14.9. The lowest BCUT2D eigenvalue weighted by Gasteiger charge is -2.22. The van der Waals surface area contributed by atoms with Crippen LogP contribution in [0.1, 0.15) is 32.1 Å². The first-order chi connectivity index (χ1) is 8.33. The lowest BCUT2D eigenvalue weighted by Crippen LogP contribution is -2.34. The molecule has 17 heavy (non-hydrogen) atoms. The van der Waals surface area contributed by atoms with E-state index in [4.69, 9.17) is 9.47 Å². The van der Waals surface area contributed by atoms with Gasteiger partial charge in [0.15, 0.2) is 0 Å². The van der Waals surface area contributed by atoms with Crippen LogP contribution in [0.2, 0.25) is 0 Å². The largest absolute Gasteiger partial charge is 0.389 e. The monoisotopic (exact) mass is 245 g/mol. The van der Waals surface area contributed by atoms with Crippen LogP contribution < -0.4 is 5.32 Å². The second kappa shape index (κ2) is 9.83. The number of rotatable bonds is 9. The van der Waals surface area contributed by atoms with E-state index in [1.807, 2.05) is 0 Å². The van der Waals surface area contributed by atoms with E-state index in [-0.39, 0.29) is 0 Å². The van der Waals surface area contributed by atoms with Crippen LogP contribution in [-0.2, 0) is 9.47 Å². The molecule has 0 aromatic rings. The molecule has 0 aliphatic heterocycles. The fourth-order valence-corrected chi connectivity index (χ4v) is 2.27. The van der Waals surface area contributed by atoms with Gasteiger partial charge in [-0.3, -0.25) is 0 Å². The number of methoxy groups -OCH3 is 1. The highest BCUT2D eigenvalue weighted by molar-refractivity contribution is 4.69. The maximum Gasteiger partial charge on any atom is 0.0897 e. The van der Waals surface area contributed by atoms with Crippen LogP contribution in [0.5, 0.6) is 0 Å². The van der Waals surface area contributed by atoms with E-state index in [2.05, 4.69) is 5.32 Å². The Bertz CT molecular complexity index is 172. The molecule has 0 saturated heterocycles. The molecule has 102 valence electrons. The van der Waals surface area contributed by atoms with Crippen LogP contribution in [0.15, 0.2) is 0 Å². The molecule has 1 saturated carbocycles. The Labute approximate surface area is 105 Å². The summed E-state index contributed by atoms with van der Waals surface area (Å²) >= 11 is 0. The van der Waals surface area contributed by atoms with Gasteiger partial charge < -0.3 is 19.9 Å². The van der Waals surface area contributed by atoms with Crippen molar-refractivity contribution in [2.24, 2.45) is 5.92 Å². The average molecular weight is 245 g/mol. The Hall–Kier alpha value is -0.160. The van der Waals surface area contributed by atoms with Crippen molar-refractivity contribution in [1.29, 1.82) is 0 Å². The van der Waals surface area contributed by atoms with E-state index in [1.54, 1.807) is 7.11 Å². The molecule has 0 amide bonds. The van der Waals surface area contributed by atoms with E-state index in [1.165, 1.54) is 32.1 Å². The molecular formula is C13H27NO3. The van der Waals surface area contributed by atoms with Gasteiger partial charge in [0, 0.05) is 13.7 Å². The summed E-state index contributed by atoms with van der Waals surface area (Å²) in [5.74, 6) is 0.811. The zero-order valence-electron chi connectivity index (χ0n) is 11.0. The summed E-state index contributed by atoms with van der Waals surface area (Å²) in [5, 5.41) is 13.0. The molecule has 0 spiro atoms. The number of ether oxygens (including phenoxy) is 2. The van der Waals surface area contributed by atoms with Crippen LogP contribution in [0, 0.1) is 5.92 Å². The summed E-state index contributed by atoms with van der Waals surface area (Å²) in [6.45, 7) is 3.19. The van der Waals surface area contributed by atoms with E-state index in [0.717, 1.165) is 12.5 Å². The van der Waals surface area contributed by atoms with E-state index in [0.29, 0.717) is 26.4 Å². The molecule has 2 N–H and O–H groups in total. The quantitative estimate of drug-likeness (QED) is 0.599. The highest BCUT2D eigenvalue weighted by Gasteiger charge is 2.13. The lowest BCUT2D eigenvalue weighted by atomic mass is 9.89. The zero-order chi connectivity index (χ0) is 12.3. The number of hydrogen-bond donors (Lipinski definition) is 2. The Morgan fingerprint density at radius 1 is 1.24 bits per heavy atom. The number of aliphatic hydroxyl groups excluding tert-OH is 1. The zero-order valence-corrected chi connectivity index (χ0v) is 11.0. The number of aliphatic hydroxyl groups is 1. The topological polar surface area (TPSA) is 50.7 Å². The summed E-state index contributed by atoms with van der Waals surface area (Å²) in [4.78, 5) is 0. The minimum absolute atomic E-state index is 0.390. The van der Waals surface area contributed by atoms with Gasteiger partial charge in [0.2, 0.25) is 0 Å². The van der Waals surface area contributed by atoms with E-state index < -0.39 is 6.10 Å². The van der Waals surface area contributed by atoms with Crippen LogP contribution in [0.4, 0.5) is 0 Å². The molecule has 0 radical (unpaired) electrons. The van der Waals surface area contributed by atoms with Gasteiger partial charge in [-0.1, -0.05) is 19.3 Å². The van der Waals surface area contributed by atoms with Gasteiger partial charge in [-0.15, -0.1) is 0 Å². The van der Waals surface area contributed by atoms with Crippen molar-refractivity contribution in [1.82, 2.24) is 5.32 Å². The summed E-state index contributed by atoms with van der Waals surface area (Å²) in [7, 11) is 1.64. The molecule has 0 heterocycles. The molecule has 4 nitrogen and oxygen atoms in total. The van der Waals surface area contributed by atoms with Gasteiger partial charge in [-0.2, -0.15) is 0 Å². The van der Waals surface area contributed by atoms with Crippen LogP contribution in [0.25, 0.3) is 0 Å². The highest BCUT2D eigenvalue weighted by atomic mass is 16.5. The predicted octanol–water partition coefficient (Wildman–Crippen LogP) is 1.18. The molecule has 1 fully saturated rings. The van der Waals surface area contributed by atoms with Gasteiger partial charge in [0.1, 0.15) is 0 Å². The van der Waals surface area contributed by atoms with Crippen molar-refractivity contribution in [3.05, 3.63) is 0 Å². The van der Waals surface area contributed by atoms with Crippen LogP contribution >= 0.6 is 0 Å². The molecule has 1 atom stereocenters. The first-order valence-corrected chi connectivity index (χ1v) is 6.78. The molecular weight excluding hydrogens is 218 g/mol. The number of nitrogens with one attached hydrogen (secondary N) is 1. The van der Waals surface area contributed by atoms with E-state index in [9.17, 15) is 5.11 Å². The summed E-state index contributed by atoms with van der Waals surface area (Å²) in [5.41, 5.74) is 0. The minimum Gasteiger partial charge on any atom is -0.389 e. The van der Waals surface area contributed by atoms with Crippen LogP contribution in [0.3, 0.4) is 0 Å². The van der Waals surface area contributed by atoms with Crippen LogP contribution in [-0.4, -0.2) is 51.2 Å².